The molecule has 0 radical (unpaired) electrons. The van der Waals surface area contributed by atoms with Gasteiger partial charge in [-0.15, -0.1) is 0 Å². The zero-order valence-corrected chi connectivity index (χ0v) is 25.0. The third-order valence-electron chi connectivity index (χ3n) is 10.4. The number of benzene rings is 7. The number of anilines is 2. The van der Waals surface area contributed by atoms with Crippen molar-refractivity contribution in [1.29, 1.82) is 0 Å². The largest absolute Gasteiger partial charge is 0.356 e. The summed E-state index contributed by atoms with van der Waals surface area (Å²) in [5.41, 5.74) is 13.2. The van der Waals surface area contributed by atoms with E-state index in [1.165, 1.54) is 76.8 Å². The van der Waals surface area contributed by atoms with Crippen molar-refractivity contribution >= 4 is 43.7 Å². The van der Waals surface area contributed by atoms with Crippen LogP contribution in [0.4, 0.5) is 11.4 Å². The molecule has 0 saturated carbocycles. The van der Waals surface area contributed by atoms with Gasteiger partial charge in [0.1, 0.15) is 0 Å². The standard InChI is InChI=1S/C42H33N/c1-41(2)37-20-26(43-25-12-6-5-7-13-25)18-19-31(37)35-23-40-36(24-39(35)41)34-21-32-29-16-10-8-14-27(29)28-15-9-11-17-30(28)33(32)22-38(34)42(40,3)4/h5-24,43H,1-4H3. The first-order valence-corrected chi connectivity index (χ1v) is 15.4. The Kier molecular flexibility index (Phi) is 4.80. The van der Waals surface area contributed by atoms with Crippen LogP contribution < -0.4 is 5.32 Å². The minimum atomic E-state index is -0.0965. The zero-order valence-electron chi connectivity index (χ0n) is 25.0. The molecule has 9 rings (SSSR count). The summed E-state index contributed by atoms with van der Waals surface area (Å²) in [6.07, 6.45) is 0. The van der Waals surface area contributed by atoms with Gasteiger partial charge in [-0.3, -0.25) is 0 Å². The SMILES string of the molecule is CC1(C)c2cc(Nc3ccccc3)ccc2-c2cc3c(cc21)-c1cc2c4ccccc4c4ccccc4c2cc1C3(C)C. The van der Waals surface area contributed by atoms with Gasteiger partial charge >= 0.3 is 0 Å². The Bertz CT molecular complexity index is 2300. The number of para-hydroxylation sites is 1. The van der Waals surface area contributed by atoms with E-state index in [-0.39, 0.29) is 10.8 Å². The Morgan fingerprint density at radius 2 is 0.791 bits per heavy atom. The van der Waals surface area contributed by atoms with Crippen LogP contribution in [0.3, 0.4) is 0 Å². The molecule has 0 aromatic heterocycles. The van der Waals surface area contributed by atoms with Crippen molar-refractivity contribution in [2.75, 3.05) is 5.32 Å². The Balaban J connectivity index is 1.26. The Labute approximate surface area is 252 Å². The van der Waals surface area contributed by atoms with Crippen molar-refractivity contribution in [2.24, 2.45) is 0 Å². The van der Waals surface area contributed by atoms with Crippen molar-refractivity contribution in [2.45, 2.75) is 38.5 Å². The van der Waals surface area contributed by atoms with Crippen LogP contribution in [-0.4, -0.2) is 0 Å². The molecule has 206 valence electrons. The Morgan fingerprint density at radius 1 is 0.349 bits per heavy atom. The van der Waals surface area contributed by atoms with Gasteiger partial charge in [0.2, 0.25) is 0 Å². The van der Waals surface area contributed by atoms with Crippen molar-refractivity contribution in [1.82, 2.24) is 0 Å². The summed E-state index contributed by atoms with van der Waals surface area (Å²) >= 11 is 0. The highest BCUT2D eigenvalue weighted by molar-refractivity contribution is 6.26. The maximum absolute atomic E-state index is 3.61. The van der Waals surface area contributed by atoms with Gasteiger partial charge in [0.25, 0.3) is 0 Å². The number of fused-ring (bicyclic) bond motifs is 12. The van der Waals surface area contributed by atoms with Crippen molar-refractivity contribution in [3.8, 4) is 22.3 Å². The number of nitrogens with one attached hydrogen (secondary N) is 1. The van der Waals surface area contributed by atoms with Gasteiger partial charge in [0, 0.05) is 22.2 Å². The van der Waals surface area contributed by atoms with Gasteiger partial charge < -0.3 is 5.32 Å². The average Bonchev–Trinajstić information content (AvgIpc) is 3.38. The van der Waals surface area contributed by atoms with Crippen LogP contribution in [0.15, 0.2) is 121 Å². The normalized spacial score (nSPS) is 15.3. The summed E-state index contributed by atoms with van der Waals surface area (Å²) in [6.45, 7) is 9.59. The summed E-state index contributed by atoms with van der Waals surface area (Å²) in [5.74, 6) is 0. The van der Waals surface area contributed by atoms with Crippen molar-refractivity contribution < 1.29 is 0 Å². The molecule has 43 heavy (non-hydrogen) atoms. The molecule has 1 N–H and O–H groups in total. The molecule has 0 unspecified atom stereocenters. The van der Waals surface area contributed by atoms with E-state index in [9.17, 15) is 0 Å². The average molecular weight is 552 g/mol. The van der Waals surface area contributed by atoms with E-state index < -0.39 is 0 Å². The fourth-order valence-electron chi connectivity index (χ4n) is 8.12. The van der Waals surface area contributed by atoms with Crippen LogP contribution >= 0.6 is 0 Å². The monoisotopic (exact) mass is 551 g/mol. The van der Waals surface area contributed by atoms with Gasteiger partial charge in [-0.1, -0.05) is 100 Å². The first kappa shape index (κ1) is 24.7. The lowest BCUT2D eigenvalue weighted by Crippen LogP contribution is -2.17. The van der Waals surface area contributed by atoms with Gasteiger partial charge in [-0.2, -0.15) is 0 Å². The second-order valence-corrected chi connectivity index (χ2v) is 13.5. The minimum absolute atomic E-state index is 0.0949. The molecule has 0 saturated heterocycles. The van der Waals surface area contributed by atoms with E-state index in [2.05, 4.69) is 154 Å². The third-order valence-corrected chi connectivity index (χ3v) is 10.4. The maximum Gasteiger partial charge on any atom is 0.0387 e. The number of rotatable bonds is 2. The second-order valence-electron chi connectivity index (χ2n) is 13.5. The maximum atomic E-state index is 3.61. The van der Waals surface area contributed by atoms with E-state index in [0.717, 1.165) is 11.4 Å². The zero-order chi connectivity index (χ0) is 29.1. The molecule has 0 fully saturated rings. The van der Waals surface area contributed by atoms with Crippen LogP contribution in [-0.2, 0) is 10.8 Å². The molecular weight excluding hydrogens is 518 g/mol. The van der Waals surface area contributed by atoms with Crippen LogP contribution in [0, 0.1) is 0 Å². The molecule has 0 atom stereocenters. The molecular formula is C42H33N. The van der Waals surface area contributed by atoms with Crippen LogP contribution in [0.1, 0.15) is 49.9 Å². The Morgan fingerprint density at radius 3 is 1.40 bits per heavy atom. The lowest BCUT2D eigenvalue weighted by molar-refractivity contribution is 0.652. The number of hydrogen-bond acceptors (Lipinski definition) is 1. The van der Waals surface area contributed by atoms with Crippen LogP contribution in [0.25, 0.3) is 54.6 Å². The minimum Gasteiger partial charge on any atom is -0.356 e. The van der Waals surface area contributed by atoms with Crippen LogP contribution in [0.2, 0.25) is 0 Å². The fourth-order valence-corrected chi connectivity index (χ4v) is 8.12. The molecule has 7 aromatic carbocycles. The highest BCUT2D eigenvalue weighted by atomic mass is 14.9. The van der Waals surface area contributed by atoms with Gasteiger partial charge in [-0.05, 0) is 125 Å². The summed E-state index contributed by atoms with van der Waals surface area (Å²) in [7, 11) is 0. The topological polar surface area (TPSA) is 12.0 Å². The molecule has 2 aliphatic carbocycles. The van der Waals surface area contributed by atoms with E-state index in [0.29, 0.717) is 0 Å². The molecule has 0 spiro atoms. The molecule has 0 amide bonds. The summed E-state index contributed by atoms with van der Waals surface area (Å²) in [4.78, 5) is 0. The molecule has 0 heterocycles. The smallest absolute Gasteiger partial charge is 0.0387 e. The molecule has 0 aliphatic heterocycles. The van der Waals surface area contributed by atoms with Crippen molar-refractivity contribution in [3.63, 3.8) is 0 Å². The predicted octanol–water partition coefficient (Wildman–Crippen LogP) is 11.5. The predicted molar refractivity (Wildman–Crippen MR) is 184 cm³/mol. The summed E-state index contributed by atoms with van der Waals surface area (Å²) in [5, 5.41) is 11.6. The van der Waals surface area contributed by atoms with Gasteiger partial charge in [0.15, 0.2) is 0 Å². The third kappa shape index (κ3) is 3.28. The Hall–Kier alpha value is -4.88. The number of hydrogen-bond donors (Lipinski definition) is 1. The summed E-state index contributed by atoms with van der Waals surface area (Å²) < 4.78 is 0. The summed E-state index contributed by atoms with van der Waals surface area (Å²) in [6, 6.07) is 45.2. The second kappa shape index (κ2) is 8.36. The molecule has 0 bridgehead atoms. The molecule has 7 aromatic rings. The van der Waals surface area contributed by atoms with Gasteiger partial charge in [0.05, 0.1) is 0 Å². The molecule has 1 nitrogen and oxygen atoms in total. The molecule has 1 heteroatoms. The van der Waals surface area contributed by atoms with E-state index in [4.69, 9.17) is 0 Å². The van der Waals surface area contributed by atoms with E-state index >= 15 is 0 Å². The lowest BCUT2D eigenvalue weighted by atomic mass is 9.79. The van der Waals surface area contributed by atoms with Crippen LogP contribution in [0.5, 0.6) is 0 Å². The quantitative estimate of drug-likeness (QED) is 0.211. The van der Waals surface area contributed by atoms with Gasteiger partial charge in [-0.25, -0.2) is 0 Å². The highest BCUT2D eigenvalue weighted by Gasteiger charge is 2.42. The molecule has 2 aliphatic rings. The highest BCUT2D eigenvalue weighted by Crippen LogP contribution is 2.57. The fraction of sp³-hybridized carbons (Fsp3) is 0.143. The lowest BCUT2D eigenvalue weighted by Gasteiger charge is -2.24. The van der Waals surface area contributed by atoms with Crippen molar-refractivity contribution in [3.05, 3.63) is 144 Å². The van der Waals surface area contributed by atoms with E-state index in [1.54, 1.807) is 0 Å². The van der Waals surface area contributed by atoms with E-state index in [1.807, 2.05) is 0 Å². The first-order valence-electron chi connectivity index (χ1n) is 15.4. The first-order chi connectivity index (χ1) is 20.8.